The van der Waals surface area contributed by atoms with Crippen LogP contribution >= 0.6 is 11.6 Å². The normalized spacial score (nSPS) is 12.4. The molecule has 1 atom stereocenters. The molecule has 36 heavy (non-hydrogen) atoms. The number of nitrogens with zero attached hydrogens (tertiary/aromatic N) is 2. The predicted octanol–water partition coefficient (Wildman–Crippen LogP) is 3.46. The lowest BCUT2D eigenvalue weighted by molar-refractivity contribution is -0.140. The van der Waals surface area contributed by atoms with Gasteiger partial charge in [-0.15, -0.1) is 0 Å². The Bertz CT molecular complexity index is 1180. The molecule has 0 radical (unpaired) electrons. The van der Waals surface area contributed by atoms with Crippen molar-refractivity contribution >= 4 is 39.1 Å². The molecular weight excluding hydrogens is 506 g/mol. The highest BCUT2D eigenvalue weighted by molar-refractivity contribution is 7.92. The quantitative estimate of drug-likeness (QED) is 0.496. The summed E-state index contributed by atoms with van der Waals surface area (Å²) >= 11 is 5.99. The number of rotatable bonds is 10. The molecule has 0 saturated heterocycles. The summed E-state index contributed by atoms with van der Waals surface area (Å²) in [7, 11) is -1.03. The Balaban J connectivity index is 2.47. The van der Waals surface area contributed by atoms with E-state index in [2.05, 4.69) is 5.32 Å². The first-order valence-corrected chi connectivity index (χ1v) is 13.4. The summed E-state index contributed by atoms with van der Waals surface area (Å²) in [5.74, 6) is -0.245. The number of sulfonamides is 1. The fourth-order valence-corrected chi connectivity index (χ4v) is 4.41. The van der Waals surface area contributed by atoms with Gasteiger partial charge in [-0.3, -0.25) is 13.9 Å². The van der Waals surface area contributed by atoms with E-state index in [1.165, 1.54) is 31.3 Å². The fraction of sp³-hybridized carbons (Fsp3) is 0.440. The summed E-state index contributed by atoms with van der Waals surface area (Å²) in [6, 6.07) is 10.6. The molecule has 0 bridgehead atoms. The van der Waals surface area contributed by atoms with Crippen LogP contribution in [0.1, 0.15) is 33.3 Å². The van der Waals surface area contributed by atoms with Crippen molar-refractivity contribution in [2.75, 3.05) is 31.3 Å². The van der Waals surface area contributed by atoms with Crippen molar-refractivity contribution < 1.29 is 27.5 Å². The lowest BCUT2D eigenvalue weighted by atomic mass is 10.1. The Morgan fingerprint density at radius 2 is 1.67 bits per heavy atom. The van der Waals surface area contributed by atoms with E-state index >= 15 is 0 Å². The minimum absolute atomic E-state index is 0.0755. The monoisotopic (exact) mass is 539 g/mol. The minimum atomic E-state index is -3.90. The SMILES string of the molecule is COc1ccc(N(CC(=O)N(Cc2ccc(Cl)cc2)[C@H](C)C(=O)NC(C)(C)C)S(C)(=O)=O)c(OC)c1. The molecule has 0 spiro atoms. The molecule has 0 heterocycles. The molecule has 2 rings (SSSR count). The van der Waals surface area contributed by atoms with Gasteiger partial charge in [0.05, 0.1) is 26.2 Å². The minimum Gasteiger partial charge on any atom is -0.497 e. The van der Waals surface area contributed by atoms with Crippen LogP contribution in [0.2, 0.25) is 5.02 Å². The molecule has 2 aromatic carbocycles. The van der Waals surface area contributed by atoms with Gasteiger partial charge in [0.15, 0.2) is 0 Å². The highest BCUT2D eigenvalue weighted by atomic mass is 35.5. The standard InChI is InChI=1S/C25H34ClN3O6S/c1-17(24(31)27-25(2,3)4)28(15-18-8-10-19(26)11-9-18)23(30)16-29(36(7,32)33)21-13-12-20(34-5)14-22(21)35-6/h8-14,17H,15-16H2,1-7H3,(H,27,31)/t17-/m1/s1. The van der Waals surface area contributed by atoms with Crippen molar-refractivity contribution in [2.45, 2.75) is 45.8 Å². The molecule has 2 amide bonds. The lowest BCUT2D eigenvalue weighted by Gasteiger charge is -2.33. The van der Waals surface area contributed by atoms with Crippen molar-refractivity contribution in [3.8, 4) is 11.5 Å². The molecule has 0 aliphatic carbocycles. The second-order valence-corrected chi connectivity index (χ2v) is 11.7. The third-order valence-electron chi connectivity index (χ3n) is 5.27. The summed E-state index contributed by atoms with van der Waals surface area (Å²) < 4.78 is 37.1. The number of nitrogens with one attached hydrogen (secondary N) is 1. The predicted molar refractivity (Wildman–Crippen MR) is 141 cm³/mol. The van der Waals surface area contributed by atoms with Crippen LogP contribution in [0.25, 0.3) is 0 Å². The van der Waals surface area contributed by atoms with E-state index in [1.54, 1.807) is 37.3 Å². The van der Waals surface area contributed by atoms with Gasteiger partial charge in [-0.2, -0.15) is 0 Å². The second-order valence-electron chi connectivity index (χ2n) is 9.37. The van der Waals surface area contributed by atoms with Crippen LogP contribution in [-0.4, -0.2) is 63.7 Å². The number of hydrogen-bond acceptors (Lipinski definition) is 6. The van der Waals surface area contributed by atoms with Gasteiger partial charge in [0.2, 0.25) is 21.8 Å². The van der Waals surface area contributed by atoms with Gasteiger partial charge in [0.25, 0.3) is 0 Å². The van der Waals surface area contributed by atoms with Gasteiger partial charge >= 0.3 is 0 Å². The van der Waals surface area contributed by atoms with Crippen LogP contribution in [0.5, 0.6) is 11.5 Å². The van der Waals surface area contributed by atoms with Gasteiger partial charge in [-0.1, -0.05) is 23.7 Å². The van der Waals surface area contributed by atoms with Crippen LogP contribution in [0.3, 0.4) is 0 Å². The summed E-state index contributed by atoms with van der Waals surface area (Å²) in [6.45, 7) is 6.65. The van der Waals surface area contributed by atoms with E-state index < -0.39 is 34.1 Å². The number of halogens is 1. The molecule has 0 aliphatic rings. The van der Waals surface area contributed by atoms with Gasteiger partial charge in [0.1, 0.15) is 24.1 Å². The summed E-state index contributed by atoms with van der Waals surface area (Å²) in [5, 5.41) is 3.41. The van der Waals surface area contributed by atoms with Crippen LogP contribution in [0.15, 0.2) is 42.5 Å². The van der Waals surface area contributed by atoms with Gasteiger partial charge in [-0.25, -0.2) is 8.42 Å². The van der Waals surface area contributed by atoms with Gasteiger partial charge in [0, 0.05) is 23.2 Å². The first-order valence-electron chi connectivity index (χ1n) is 11.2. The topological polar surface area (TPSA) is 105 Å². The highest BCUT2D eigenvalue weighted by Gasteiger charge is 2.32. The van der Waals surface area contributed by atoms with E-state index in [4.69, 9.17) is 21.1 Å². The molecule has 0 saturated carbocycles. The Hall–Kier alpha value is -2.98. The molecule has 9 nitrogen and oxygen atoms in total. The summed E-state index contributed by atoms with van der Waals surface area (Å²) in [5.41, 5.74) is 0.388. The molecule has 0 fully saturated rings. The molecule has 198 valence electrons. The Labute approximate surface area is 218 Å². The zero-order valence-electron chi connectivity index (χ0n) is 21.7. The van der Waals surface area contributed by atoms with Crippen molar-refractivity contribution in [2.24, 2.45) is 0 Å². The molecule has 0 aromatic heterocycles. The average Bonchev–Trinajstić information content (AvgIpc) is 2.79. The number of ether oxygens (including phenoxy) is 2. The third kappa shape index (κ3) is 8.03. The van der Waals surface area contributed by atoms with E-state index in [0.29, 0.717) is 10.8 Å². The fourth-order valence-electron chi connectivity index (χ4n) is 3.43. The zero-order valence-corrected chi connectivity index (χ0v) is 23.2. The van der Waals surface area contributed by atoms with Crippen LogP contribution in [0.4, 0.5) is 5.69 Å². The number of benzene rings is 2. The Kier molecular flexibility index (Phi) is 9.62. The molecule has 11 heteroatoms. The smallest absolute Gasteiger partial charge is 0.244 e. The van der Waals surface area contributed by atoms with Crippen molar-refractivity contribution in [1.82, 2.24) is 10.2 Å². The van der Waals surface area contributed by atoms with Gasteiger partial charge < -0.3 is 19.7 Å². The van der Waals surface area contributed by atoms with Crippen molar-refractivity contribution in [3.05, 3.63) is 53.1 Å². The number of carbonyl (C=O) groups is 2. The molecule has 0 unspecified atom stereocenters. The number of hydrogen-bond donors (Lipinski definition) is 1. The number of methoxy groups -OCH3 is 2. The number of anilines is 1. The third-order valence-corrected chi connectivity index (χ3v) is 6.64. The number of carbonyl (C=O) groups excluding carboxylic acids is 2. The first kappa shape index (κ1) is 29.3. The summed E-state index contributed by atoms with van der Waals surface area (Å²) in [4.78, 5) is 28.0. The largest absolute Gasteiger partial charge is 0.497 e. The van der Waals surface area contributed by atoms with Crippen molar-refractivity contribution in [1.29, 1.82) is 0 Å². The summed E-state index contributed by atoms with van der Waals surface area (Å²) in [6.07, 6.45) is 1.00. The second kappa shape index (κ2) is 11.8. The van der Waals surface area contributed by atoms with E-state index in [0.717, 1.165) is 16.1 Å². The zero-order chi connectivity index (χ0) is 27.3. The highest BCUT2D eigenvalue weighted by Crippen LogP contribution is 2.33. The molecule has 0 aliphatic heterocycles. The van der Waals surface area contributed by atoms with Crippen molar-refractivity contribution in [3.63, 3.8) is 0 Å². The van der Waals surface area contributed by atoms with Crippen LogP contribution in [0, 0.1) is 0 Å². The van der Waals surface area contributed by atoms with Crippen LogP contribution in [-0.2, 0) is 26.2 Å². The Morgan fingerprint density at radius 3 is 2.17 bits per heavy atom. The van der Waals surface area contributed by atoms with E-state index in [-0.39, 0.29) is 23.9 Å². The van der Waals surface area contributed by atoms with Gasteiger partial charge in [-0.05, 0) is 57.5 Å². The Morgan fingerprint density at radius 1 is 1.06 bits per heavy atom. The molecular formula is C25H34ClN3O6S. The van der Waals surface area contributed by atoms with E-state index in [1.807, 2.05) is 20.8 Å². The maximum atomic E-state index is 13.6. The van der Waals surface area contributed by atoms with Crippen LogP contribution < -0.4 is 19.1 Å². The lowest BCUT2D eigenvalue weighted by Crippen LogP contribution is -2.54. The van der Waals surface area contributed by atoms with E-state index in [9.17, 15) is 18.0 Å². The number of amides is 2. The maximum absolute atomic E-state index is 13.6. The first-order chi connectivity index (χ1) is 16.7. The molecule has 1 N–H and O–H groups in total. The molecule has 2 aromatic rings. The average molecular weight is 540 g/mol. The maximum Gasteiger partial charge on any atom is 0.244 e.